The summed E-state index contributed by atoms with van der Waals surface area (Å²) in [4.78, 5) is 22.2. The van der Waals surface area contributed by atoms with Gasteiger partial charge in [-0.3, -0.25) is 4.79 Å². The van der Waals surface area contributed by atoms with Gasteiger partial charge in [0.1, 0.15) is 35.8 Å². The third-order valence-electron chi connectivity index (χ3n) is 6.64. The minimum Gasteiger partial charge on any atom is -0.487 e. The number of nitrogens with one attached hydrogen (secondary N) is 1. The van der Waals surface area contributed by atoms with Gasteiger partial charge in [0.15, 0.2) is 11.5 Å². The molecule has 0 spiro atoms. The number of likely N-dealkylation sites (tertiary alicyclic amines) is 1. The number of alkyl halides is 2. The zero-order valence-corrected chi connectivity index (χ0v) is 23.1. The van der Waals surface area contributed by atoms with Crippen LogP contribution in [-0.4, -0.2) is 71.0 Å². The van der Waals surface area contributed by atoms with Crippen LogP contribution in [0.2, 0.25) is 0 Å². The highest BCUT2D eigenvalue weighted by atomic mass is 19.3. The van der Waals surface area contributed by atoms with Crippen LogP contribution in [0, 0.1) is 12.7 Å². The maximum atomic E-state index is 15.2. The van der Waals surface area contributed by atoms with Crippen molar-refractivity contribution < 1.29 is 37.3 Å². The van der Waals surface area contributed by atoms with E-state index in [9.17, 15) is 18.7 Å². The van der Waals surface area contributed by atoms with E-state index in [-0.39, 0.29) is 30.7 Å². The van der Waals surface area contributed by atoms with Gasteiger partial charge in [-0.1, -0.05) is 12.1 Å². The van der Waals surface area contributed by atoms with Crippen LogP contribution >= 0.6 is 0 Å². The summed E-state index contributed by atoms with van der Waals surface area (Å²) >= 11 is 0. The molecule has 1 amide bonds. The van der Waals surface area contributed by atoms with Crippen LogP contribution in [0.1, 0.15) is 37.7 Å². The van der Waals surface area contributed by atoms with Crippen molar-refractivity contribution in [2.75, 3.05) is 38.7 Å². The maximum Gasteiger partial charge on any atom is 0.303 e. The van der Waals surface area contributed by atoms with E-state index in [2.05, 4.69) is 15.3 Å². The van der Waals surface area contributed by atoms with Crippen LogP contribution in [0.5, 0.6) is 11.5 Å². The lowest BCUT2D eigenvalue weighted by atomic mass is 9.92. The fraction of sp³-hybridized carbons (Fsp3) is 0.464. The largest absolute Gasteiger partial charge is 0.487 e. The Bertz CT molecular complexity index is 1390. The SMILES string of the molecule is COCCOc1cc2c(NCc3cccc(C(F)(F)C(C)(C)O)c3F)nc(C)nc2cc1OC1CN(C(C)=O)C1. The van der Waals surface area contributed by atoms with Gasteiger partial charge in [-0.2, -0.15) is 8.78 Å². The fourth-order valence-electron chi connectivity index (χ4n) is 4.24. The first kappa shape index (κ1) is 29.3. The predicted octanol–water partition coefficient (Wildman–Crippen LogP) is 4.19. The van der Waals surface area contributed by atoms with E-state index in [1.54, 1.807) is 31.1 Å². The van der Waals surface area contributed by atoms with Gasteiger partial charge in [-0.25, -0.2) is 14.4 Å². The molecular formula is C28H33F3N4O5. The molecule has 2 aromatic carbocycles. The molecule has 40 heavy (non-hydrogen) atoms. The lowest BCUT2D eigenvalue weighted by Crippen LogP contribution is -2.55. The van der Waals surface area contributed by atoms with E-state index in [4.69, 9.17) is 14.2 Å². The number of hydrogen-bond donors (Lipinski definition) is 2. The van der Waals surface area contributed by atoms with Gasteiger partial charge in [0.2, 0.25) is 5.91 Å². The third-order valence-corrected chi connectivity index (χ3v) is 6.64. The molecule has 4 rings (SSSR count). The Morgan fingerprint density at radius 3 is 2.55 bits per heavy atom. The second kappa shape index (κ2) is 11.5. The van der Waals surface area contributed by atoms with Crippen molar-refractivity contribution >= 4 is 22.6 Å². The zero-order valence-electron chi connectivity index (χ0n) is 23.1. The number of hydrogen-bond acceptors (Lipinski definition) is 8. The summed E-state index contributed by atoms with van der Waals surface area (Å²) in [5.41, 5.74) is -2.85. The highest BCUT2D eigenvalue weighted by molar-refractivity contribution is 5.91. The molecule has 1 saturated heterocycles. The van der Waals surface area contributed by atoms with Crippen LogP contribution in [0.3, 0.4) is 0 Å². The van der Waals surface area contributed by atoms with Crippen LogP contribution in [0.25, 0.3) is 10.9 Å². The number of aryl methyl sites for hydroxylation is 1. The number of carbonyl (C=O) groups excluding carboxylic acids is 1. The first-order chi connectivity index (χ1) is 18.8. The van der Waals surface area contributed by atoms with Crippen LogP contribution < -0.4 is 14.8 Å². The normalized spacial score (nSPS) is 14.3. The van der Waals surface area contributed by atoms with Gasteiger partial charge in [0.25, 0.3) is 0 Å². The number of halogens is 3. The Morgan fingerprint density at radius 2 is 1.90 bits per heavy atom. The van der Waals surface area contributed by atoms with E-state index in [1.165, 1.54) is 19.1 Å². The molecule has 0 radical (unpaired) electrons. The monoisotopic (exact) mass is 562 g/mol. The Morgan fingerprint density at radius 1 is 1.18 bits per heavy atom. The number of ether oxygens (including phenoxy) is 3. The van der Waals surface area contributed by atoms with Gasteiger partial charge in [0, 0.05) is 37.6 Å². The number of rotatable bonds is 11. The first-order valence-corrected chi connectivity index (χ1v) is 12.8. The first-order valence-electron chi connectivity index (χ1n) is 12.8. The Labute approximate surface area is 230 Å². The Kier molecular flexibility index (Phi) is 8.41. The van der Waals surface area contributed by atoms with Crippen LogP contribution in [0.15, 0.2) is 30.3 Å². The minimum absolute atomic E-state index is 0.0256. The molecule has 216 valence electrons. The molecule has 2 heterocycles. The standard InChI is InChI=1S/C28H33F3N4O5/c1-16-33-22-12-24(40-19-14-35(15-19)17(2)36)23(39-10-9-38-5)11-20(22)26(34-16)32-13-18-7-6-8-21(25(18)29)28(30,31)27(3,4)37/h6-8,11-12,19,37H,9-10,13-15H2,1-5H3,(H,32,33,34). The van der Waals surface area contributed by atoms with Crippen molar-refractivity contribution in [1.29, 1.82) is 0 Å². The fourth-order valence-corrected chi connectivity index (χ4v) is 4.24. The lowest BCUT2D eigenvalue weighted by Gasteiger charge is -2.38. The van der Waals surface area contributed by atoms with Gasteiger partial charge in [-0.15, -0.1) is 0 Å². The number of nitrogens with zero attached hydrogens (tertiary/aromatic N) is 3. The molecule has 1 aromatic heterocycles. The van der Waals surface area contributed by atoms with Crippen molar-refractivity contribution in [2.45, 2.75) is 51.9 Å². The van der Waals surface area contributed by atoms with E-state index in [0.717, 1.165) is 19.9 Å². The Balaban J connectivity index is 1.64. The number of amides is 1. The minimum atomic E-state index is -3.81. The summed E-state index contributed by atoms with van der Waals surface area (Å²) in [6.45, 7) is 6.38. The highest BCUT2D eigenvalue weighted by Crippen LogP contribution is 2.41. The van der Waals surface area contributed by atoms with E-state index >= 15 is 4.39 Å². The third kappa shape index (κ3) is 6.07. The number of aliphatic hydroxyl groups is 1. The van der Waals surface area contributed by atoms with Gasteiger partial charge < -0.3 is 29.5 Å². The quantitative estimate of drug-likeness (QED) is 0.335. The molecule has 1 fully saturated rings. The van der Waals surface area contributed by atoms with Gasteiger partial charge >= 0.3 is 5.92 Å². The summed E-state index contributed by atoms with van der Waals surface area (Å²) in [5, 5.41) is 13.5. The molecule has 0 saturated carbocycles. The maximum absolute atomic E-state index is 15.2. The van der Waals surface area contributed by atoms with Crippen molar-refractivity contribution in [3.8, 4) is 11.5 Å². The van der Waals surface area contributed by atoms with E-state index in [0.29, 0.717) is 53.7 Å². The Hall–Kier alpha value is -3.64. The second-order valence-electron chi connectivity index (χ2n) is 10.2. The summed E-state index contributed by atoms with van der Waals surface area (Å²) in [7, 11) is 1.55. The van der Waals surface area contributed by atoms with Gasteiger partial charge in [-0.05, 0) is 32.9 Å². The smallest absolute Gasteiger partial charge is 0.303 e. The topological polar surface area (TPSA) is 106 Å². The van der Waals surface area contributed by atoms with Crippen molar-refractivity contribution in [3.05, 3.63) is 53.1 Å². The number of aromatic nitrogens is 2. The molecule has 0 atom stereocenters. The number of benzene rings is 2. The highest BCUT2D eigenvalue weighted by Gasteiger charge is 2.49. The summed E-state index contributed by atoms with van der Waals surface area (Å²) < 4.78 is 61.8. The lowest BCUT2D eigenvalue weighted by molar-refractivity contribution is -0.170. The van der Waals surface area contributed by atoms with Crippen molar-refractivity contribution in [3.63, 3.8) is 0 Å². The molecule has 2 N–H and O–H groups in total. The molecule has 1 aliphatic rings. The average Bonchev–Trinajstić information content (AvgIpc) is 2.84. The van der Waals surface area contributed by atoms with Crippen molar-refractivity contribution in [2.24, 2.45) is 0 Å². The van der Waals surface area contributed by atoms with E-state index < -0.39 is 22.9 Å². The molecular weight excluding hydrogens is 529 g/mol. The number of anilines is 1. The molecule has 3 aromatic rings. The summed E-state index contributed by atoms with van der Waals surface area (Å²) in [6.07, 6.45) is -0.205. The average molecular weight is 563 g/mol. The van der Waals surface area contributed by atoms with Crippen molar-refractivity contribution in [1.82, 2.24) is 14.9 Å². The summed E-state index contributed by atoms with van der Waals surface area (Å²) in [5.74, 6) is -3.35. The number of carbonyl (C=O) groups is 1. The van der Waals surface area contributed by atoms with Crippen LogP contribution in [-0.2, 0) is 22.0 Å². The zero-order chi connectivity index (χ0) is 29.2. The van der Waals surface area contributed by atoms with E-state index in [1.807, 2.05) is 0 Å². The predicted molar refractivity (Wildman–Crippen MR) is 142 cm³/mol. The molecule has 0 unspecified atom stereocenters. The summed E-state index contributed by atoms with van der Waals surface area (Å²) in [6, 6.07) is 7.07. The van der Waals surface area contributed by atoms with Gasteiger partial charge in [0.05, 0.1) is 30.8 Å². The molecule has 0 aliphatic carbocycles. The molecule has 1 aliphatic heterocycles. The number of methoxy groups -OCH3 is 1. The molecule has 12 heteroatoms. The van der Waals surface area contributed by atoms with Crippen LogP contribution in [0.4, 0.5) is 19.0 Å². The molecule has 9 nitrogen and oxygen atoms in total. The second-order valence-corrected chi connectivity index (χ2v) is 10.2. The molecule has 0 bridgehead atoms. The number of fused-ring (bicyclic) bond motifs is 1.